The Morgan fingerprint density at radius 3 is 2.14 bits per heavy atom. The second-order valence-electron chi connectivity index (χ2n) is 14.4. The number of aliphatic hydroxyl groups excluding tert-OH is 1. The number of carboxylic acids is 1. The van der Waals surface area contributed by atoms with Crippen molar-refractivity contribution in [2.75, 3.05) is 13.0 Å². The molecule has 0 aromatic heterocycles. The first-order valence-corrected chi connectivity index (χ1v) is 17.7. The average Bonchev–Trinajstić information content (AvgIpc) is 3.26. The Kier molecular flexibility index (Phi) is 10.5. The molecule has 0 bridgehead atoms. The molecule has 4 aliphatic carbocycles. The van der Waals surface area contributed by atoms with Gasteiger partial charge in [-0.2, -0.15) is 0 Å². The summed E-state index contributed by atoms with van der Waals surface area (Å²) in [4.78, 5) is 53.5. The molecule has 4 aliphatic rings. The second kappa shape index (κ2) is 13.3. The summed E-state index contributed by atoms with van der Waals surface area (Å²) < 4.78 is 21.1. The van der Waals surface area contributed by atoms with Gasteiger partial charge in [-0.15, -0.1) is 0 Å². The van der Waals surface area contributed by atoms with Crippen LogP contribution in [0.25, 0.3) is 0 Å². The highest BCUT2D eigenvalue weighted by atomic mass is 31.2. The van der Waals surface area contributed by atoms with Crippen molar-refractivity contribution in [3.05, 3.63) is 0 Å². The molecule has 10 atom stereocenters. The fourth-order valence-electron chi connectivity index (χ4n) is 9.93. The van der Waals surface area contributed by atoms with Gasteiger partial charge in [0.25, 0.3) is 0 Å². The lowest BCUT2D eigenvalue weighted by Crippen LogP contribution is -2.54. The molecule has 42 heavy (non-hydrogen) atoms. The number of carbonyl (C=O) groups excluding carboxylic acids is 2. The number of ether oxygens (including phenoxy) is 2. The van der Waals surface area contributed by atoms with Gasteiger partial charge in [0, 0.05) is 12.8 Å². The Morgan fingerprint density at radius 2 is 1.50 bits per heavy atom. The topological polar surface area (TPSA) is 168 Å². The molecule has 0 amide bonds. The van der Waals surface area contributed by atoms with Crippen LogP contribution in [0.3, 0.4) is 0 Å². The van der Waals surface area contributed by atoms with Crippen LogP contribution < -0.4 is 0 Å². The summed E-state index contributed by atoms with van der Waals surface area (Å²) in [7, 11) is -4.53. The summed E-state index contributed by atoms with van der Waals surface area (Å²) in [5.74, 6) is -0.176. The number of hydrogen-bond acceptors (Lipinski definition) is 7. The highest BCUT2D eigenvalue weighted by Gasteiger charge is 2.60. The van der Waals surface area contributed by atoms with Gasteiger partial charge in [-0.1, -0.05) is 20.8 Å². The average molecular weight is 615 g/mol. The minimum Gasteiger partial charge on any atom is -0.481 e. The Labute approximate surface area is 249 Å². The predicted octanol–water partition coefficient (Wildman–Crippen LogP) is 5.13. The Bertz CT molecular complexity index is 1040. The summed E-state index contributed by atoms with van der Waals surface area (Å²) in [6, 6.07) is 0. The van der Waals surface area contributed by atoms with E-state index in [0.29, 0.717) is 29.6 Å². The van der Waals surface area contributed by atoms with Crippen molar-refractivity contribution < 1.29 is 48.4 Å². The van der Waals surface area contributed by atoms with Crippen molar-refractivity contribution in [2.24, 2.45) is 52.3 Å². The van der Waals surface area contributed by atoms with Gasteiger partial charge in [-0.25, -0.2) is 0 Å². The first-order valence-electron chi connectivity index (χ1n) is 15.9. The maximum absolute atomic E-state index is 12.4. The molecule has 0 saturated heterocycles. The molecule has 0 heterocycles. The van der Waals surface area contributed by atoms with Gasteiger partial charge in [-0.05, 0) is 117 Å². The molecular formula is C31H51O10P. The number of carboxylic acid groups (broad SMARTS) is 1. The molecule has 4 N–H and O–H groups in total. The van der Waals surface area contributed by atoms with Gasteiger partial charge in [0.15, 0.2) is 0 Å². The van der Waals surface area contributed by atoms with E-state index in [-0.39, 0.29) is 30.8 Å². The second-order valence-corrected chi connectivity index (χ2v) is 16.1. The molecule has 11 heteroatoms. The van der Waals surface area contributed by atoms with E-state index >= 15 is 0 Å². The monoisotopic (exact) mass is 614 g/mol. The Morgan fingerprint density at radius 1 is 0.881 bits per heavy atom. The predicted molar refractivity (Wildman–Crippen MR) is 154 cm³/mol. The lowest BCUT2D eigenvalue weighted by molar-refractivity contribution is -0.167. The van der Waals surface area contributed by atoms with E-state index in [9.17, 15) is 24.1 Å². The number of rotatable bonds is 12. The van der Waals surface area contributed by atoms with Gasteiger partial charge in [0.1, 0.15) is 0 Å². The summed E-state index contributed by atoms with van der Waals surface area (Å²) >= 11 is 0. The largest absolute Gasteiger partial charge is 0.481 e. The number of aliphatic carboxylic acids is 1. The molecule has 0 spiro atoms. The molecule has 0 radical (unpaired) electrons. The first kappa shape index (κ1) is 33.4. The minimum absolute atomic E-state index is 0.122. The smallest absolute Gasteiger partial charge is 0.326 e. The van der Waals surface area contributed by atoms with Crippen LogP contribution in [-0.4, -0.2) is 57.0 Å². The molecule has 0 aromatic rings. The summed E-state index contributed by atoms with van der Waals surface area (Å²) in [5.41, 5.74) is 0.645. The van der Waals surface area contributed by atoms with E-state index in [0.717, 1.165) is 37.0 Å². The van der Waals surface area contributed by atoms with Gasteiger partial charge < -0.3 is 29.5 Å². The molecule has 4 rings (SSSR count). The third kappa shape index (κ3) is 7.41. The fraction of sp³-hybridized carbons (Fsp3) is 0.903. The van der Waals surface area contributed by atoms with Crippen LogP contribution in [0.5, 0.6) is 0 Å². The van der Waals surface area contributed by atoms with Crippen molar-refractivity contribution in [1.29, 1.82) is 0 Å². The quantitative estimate of drug-likeness (QED) is 0.131. The SMILES string of the molecule is C[C@H](CCC(=O)OCOC(=O)CCC(CP(=O)(O)O)C(=O)O)C1CCC2C3CC[C@@H]4C[C@H](O)CC[C@]4(C)C3CC[C@@]21C. The molecule has 0 aliphatic heterocycles. The zero-order valence-electron chi connectivity index (χ0n) is 25.4. The van der Waals surface area contributed by atoms with Crippen LogP contribution in [0.4, 0.5) is 0 Å². The molecule has 10 nitrogen and oxygen atoms in total. The van der Waals surface area contributed by atoms with E-state index < -0.39 is 44.4 Å². The van der Waals surface area contributed by atoms with Crippen LogP contribution >= 0.6 is 7.60 Å². The molecule has 4 saturated carbocycles. The molecule has 5 unspecified atom stereocenters. The van der Waals surface area contributed by atoms with Crippen LogP contribution in [0.2, 0.25) is 0 Å². The van der Waals surface area contributed by atoms with Crippen molar-refractivity contribution in [1.82, 2.24) is 0 Å². The van der Waals surface area contributed by atoms with Gasteiger partial charge in [0.2, 0.25) is 6.79 Å². The number of aliphatic hydroxyl groups is 1. The van der Waals surface area contributed by atoms with E-state index in [1.807, 2.05) is 0 Å². The zero-order chi connectivity index (χ0) is 30.9. The standard InChI is InChI=1S/C31H51O10P/c1-19(4-10-27(33)40-18-41-28(34)11-5-20(29(35)36)17-42(37,38)39)24-8-9-25-23-7-6-21-16-22(32)12-14-30(21,2)26(23)13-15-31(24,25)3/h19-26,32H,4-18H2,1-3H3,(H,35,36)(H2,37,38,39)/t19-,20?,21-,22-,23?,24?,25?,26?,30+,31-/m1/s1. The Hall–Kier alpha value is -1.48. The summed E-state index contributed by atoms with van der Waals surface area (Å²) in [6.45, 7) is 6.69. The van der Waals surface area contributed by atoms with Crippen LogP contribution in [0.1, 0.15) is 104 Å². The highest BCUT2D eigenvalue weighted by Crippen LogP contribution is 2.68. The van der Waals surface area contributed by atoms with Gasteiger partial charge in [0.05, 0.1) is 18.2 Å². The lowest BCUT2D eigenvalue weighted by atomic mass is 9.44. The maximum atomic E-state index is 12.4. The van der Waals surface area contributed by atoms with E-state index in [1.54, 1.807) is 0 Å². The number of fused-ring (bicyclic) bond motifs is 5. The van der Waals surface area contributed by atoms with Crippen molar-refractivity contribution in [3.63, 3.8) is 0 Å². The number of carbonyl (C=O) groups is 3. The molecule has 4 fully saturated rings. The van der Waals surface area contributed by atoms with Gasteiger partial charge in [-0.3, -0.25) is 18.9 Å². The third-order valence-electron chi connectivity index (χ3n) is 12.1. The van der Waals surface area contributed by atoms with Crippen molar-refractivity contribution in [3.8, 4) is 0 Å². The van der Waals surface area contributed by atoms with Crippen LogP contribution in [-0.2, 0) is 28.4 Å². The highest BCUT2D eigenvalue weighted by molar-refractivity contribution is 7.51. The van der Waals surface area contributed by atoms with Crippen molar-refractivity contribution >= 4 is 25.5 Å². The molecule has 0 aromatic carbocycles. The van der Waals surface area contributed by atoms with E-state index in [4.69, 9.17) is 24.4 Å². The molecular weight excluding hydrogens is 563 g/mol. The first-order chi connectivity index (χ1) is 19.6. The van der Waals surface area contributed by atoms with Crippen LogP contribution in [0.15, 0.2) is 0 Å². The molecule has 240 valence electrons. The fourth-order valence-corrected chi connectivity index (χ4v) is 10.8. The number of esters is 2. The van der Waals surface area contributed by atoms with Crippen LogP contribution in [0, 0.1) is 52.3 Å². The van der Waals surface area contributed by atoms with E-state index in [2.05, 4.69) is 20.8 Å². The summed E-state index contributed by atoms with van der Waals surface area (Å²) in [6.07, 6.45) is 9.87. The summed E-state index contributed by atoms with van der Waals surface area (Å²) in [5, 5.41) is 19.4. The zero-order valence-corrected chi connectivity index (χ0v) is 26.3. The Balaban J connectivity index is 1.20. The van der Waals surface area contributed by atoms with Crippen molar-refractivity contribution in [2.45, 2.75) is 110 Å². The van der Waals surface area contributed by atoms with Gasteiger partial charge >= 0.3 is 25.5 Å². The third-order valence-corrected chi connectivity index (χ3v) is 13.1. The lowest BCUT2D eigenvalue weighted by Gasteiger charge is -2.61. The minimum atomic E-state index is -4.53. The maximum Gasteiger partial charge on any atom is 0.326 e. The number of hydrogen-bond donors (Lipinski definition) is 4. The van der Waals surface area contributed by atoms with E-state index in [1.165, 1.54) is 38.5 Å². The normalized spacial score (nSPS) is 37.5.